The summed E-state index contributed by atoms with van der Waals surface area (Å²) in [5.74, 6) is 1.47. The lowest BCUT2D eigenvalue weighted by Crippen LogP contribution is -2.47. The minimum Gasteiger partial charge on any atom is -0.314 e. The lowest BCUT2D eigenvalue weighted by atomic mass is 9.68. The summed E-state index contributed by atoms with van der Waals surface area (Å²) < 4.78 is 1.90. The summed E-state index contributed by atoms with van der Waals surface area (Å²) in [5, 5.41) is 7.84. The molecule has 3 nitrogen and oxygen atoms in total. The summed E-state index contributed by atoms with van der Waals surface area (Å²) in [5.41, 5.74) is 1.40. The third-order valence-corrected chi connectivity index (χ3v) is 3.59. The van der Waals surface area contributed by atoms with E-state index in [4.69, 9.17) is 0 Å². The zero-order chi connectivity index (χ0) is 10.8. The molecule has 1 N–H and O–H groups in total. The van der Waals surface area contributed by atoms with Crippen LogP contribution in [-0.2, 0) is 7.05 Å². The van der Waals surface area contributed by atoms with Crippen molar-refractivity contribution in [3.05, 3.63) is 18.0 Å². The highest BCUT2D eigenvalue weighted by Crippen LogP contribution is 2.42. The van der Waals surface area contributed by atoms with Gasteiger partial charge in [0.1, 0.15) is 0 Å². The van der Waals surface area contributed by atoms with Crippen molar-refractivity contribution < 1.29 is 0 Å². The highest BCUT2D eigenvalue weighted by atomic mass is 15.2. The van der Waals surface area contributed by atoms with Gasteiger partial charge in [-0.15, -0.1) is 0 Å². The Labute approximate surface area is 91.9 Å². The van der Waals surface area contributed by atoms with Gasteiger partial charge < -0.3 is 5.32 Å². The van der Waals surface area contributed by atoms with E-state index in [1.54, 1.807) is 0 Å². The maximum absolute atomic E-state index is 4.24. The van der Waals surface area contributed by atoms with Crippen LogP contribution in [0.5, 0.6) is 0 Å². The van der Waals surface area contributed by atoms with Crippen LogP contribution in [0.4, 0.5) is 0 Å². The average Bonchev–Trinajstić information content (AvgIpc) is 2.62. The Bertz CT molecular complexity index is 318. The second-order valence-electron chi connectivity index (χ2n) is 4.71. The van der Waals surface area contributed by atoms with E-state index >= 15 is 0 Å². The maximum Gasteiger partial charge on any atom is 0.0524 e. The smallest absolute Gasteiger partial charge is 0.0524 e. The van der Waals surface area contributed by atoms with E-state index in [0.29, 0.717) is 5.92 Å². The summed E-state index contributed by atoms with van der Waals surface area (Å²) in [6, 6.07) is 0.718. The van der Waals surface area contributed by atoms with Crippen LogP contribution in [0.3, 0.4) is 0 Å². The predicted molar refractivity (Wildman–Crippen MR) is 61.8 cm³/mol. The number of rotatable bonds is 4. The third-order valence-electron chi connectivity index (χ3n) is 3.59. The van der Waals surface area contributed by atoms with E-state index < -0.39 is 0 Å². The summed E-state index contributed by atoms with van der Waals surface area (Å²) in [4.78, 5) is 0. The summed E-state index contributed by atoms with van der Waals surface area (Å²) in [6.45, 7) is 5.71. The Kier molecular flexibility index (Phi) is 3.10. The number of hydrogen-bond acceptors (Lipinski definition) is 2. The standard InChI is InChI=1S/C12H21N3/c1-4-5-13-12-6-11(9(12)2)10-7-14-15(3)8-10/h7-9,11-13H,4-6H2,1-3H3. The van der Waals surface area contributed by atoms with Crippen molar-refractivity contribution >= 4 is 0 Å². The molecular weight excluding hydrogens is 186 g/mol. The molecule has 0 aliphatic heterocycles. The number of nitrogens with one attached hydrogen (secondary N) is 1. The molecule has 0 radical (unpaired) electrons. The van der Waals surface area contributed by atoms with E-state index in [0.717, 1.165) is 18.5 Å². The molecule has 15 heavy (non-hydrogen) atoms. The summed E-state index contributed by atoms with van der Waals surface area (Å²) in [7, 11) is 1.99. The van der Waals surface area contributed by atoms with Crippen LogP contribution < -0.4 is 5.32 Å². The highest BCUT2D eigenvalue weighted by Gasteiger charge is 2.38. The lowest BCUT2D eigenvalue weighted by molar-refractivity contribution is 0.185. The molecule has 1 aliphatic carbocycles. The van der Waals surface area contributed by atoms with Gasteiger partial charge in [0, 0.05) is 19.3 Å². The maximum atomic E-state index is 4.24. The Hall–Kier alpha value is -0.830. The predicted octanol–water partition coefficient (Wildman–Crippen LogP) is 1.91. The molecule has 2 rings (SSSR count). The van der Waals surface area contributed by atoms with Crippen LogP contribution in [0, 0.1) is 5.92 Å². The molecule has 84 valence electrons. The molecule has 0 aromatic carbocycles. The molecule has 0 saturated heterocycles. The van der Waals surface area contributed by atoms with Crippen LogP contribution in [-0.4, -0.2) is 22.4 Å². The number of nitrogens with zero attached hydrogens (tertiary/aromatic N) is 2. The quantitative estimate of drug-likeness (QED) is 0.817. The molecule has 1 aromatic rings. The van der Waals surface area contributed by atoms with E-state index in [1.165, 1.54) is 18.4 Å². The van der Waals surface area contributed by atoms with Crippen molar-refractivity contribution in [2.75, 3.05) is 6.54 Å². The summed E-state index contributed by atoms with van der Waals surface area (Å²) >= 11 is 0. The first-order chi connectivity index (χ1) is 7.22. The van der Waals surface area contributed by atoms with Gasteiger partial charge in [0.05, 0.1) is 6.20 Å². The van der Waals surface area contributed by atoms with Crippen molar-refractivity contribution in [3.8, 4) is 0 Å². The van der Waals surface area contributed by atoms with Crippen molar-refractivity contribution in [2.24, 2.45) is 13.0 Å². The fraction of sp³-hybridized carbons (Fsp3) is 0.750. The Balaban J connectivity index is 1.88. The zero-order valence-corrected chi connectivity index (χ0v) is 9.90. The van der Waals surface area contributed by atoms with Gasteiger partial charge >= 0.3 is 0 Å². The fourth-order valence-corrected chi connectivity index (χ4v) is 2.46. The molecule has 3 atom stereocenters. The van der Waals surface area contributed by atoms with E-state index in [9.17, 15) is 0 Å². The van der Waals surface area contributed by atoms with Crippen LogP contribution in [0.15, 0.2) is 12.4 Å². The number of aryl methyl sites for hydroxylation is 1. The van der Waals surface area contributed by atoms with Crippen molar-refractivity contribution in [3.63, 3.8) is 0 Å². The van der Waals surface area contributed by atoms with E-state index in [1.807, 2.05) is 17.9 Å². The summed E-state index contributed by atoms with van der Waals surface area (Å²) in [6.07, 6.45) is 6.65. The first-order valence-electron chi connectivity index (χ1n) is 5.94. The van der Waals surface area contributed by atoms with Crippen LogP contribution in [0.2, 0.25) is 0 Å². The van der Waals surface area contributed by atoms with Gasteiger partial charge in [-0.25, -0.2) is 0 Å². The SMILES string of the molecule is CCCNC1CC(c2cnn(C)c2)C1C. The van der Waals surface area contributed by atoms with Crippen LogP contribution in [0.1, 0.15) is 38.2 Å². The first-order valence-corrected chi connectivity index (χ1v) is 5.94. The van der Waals surface area contributed by atoms with Crippen LogP contribution in [0.25, 0.3) is 0 Å². The monoisotopic (exact) mass is 207 g/mol. The van der Waals surface area contributed by atoms with Gasteiger partial charge in [-0.05, 0) is 36.8 Å². The van der Waals surface area contributed by atoms with Gasteiger partial charge in [0.25, 0.3) is 0 Å². The normalized spacial score (nSPS) is 30.2. The van der Waals surface area contributed by atoms with E-state index in [-0.39, 0.29) is 0 Å². The van der Waals surface area contributed by atoms with Gasteiger partial charge in [0.2, 0.25) is 0 Å². The minimum absolute atomic E-state index is 0.716. The molecular formula is C12H21N3. The second-order valence-corrected chi connectivity index (χ2v) is 4.71. The second kappa shape index (κ2) is 4.35. The average molecular weight is 207 g/mol. The zero-order valence-electron chi connectivity index (χ0n) is 9.90. The largest absolute Gasteiger partial charge is 0.314 e. The third kappa shape index (κ3) is 2.07. The van der Waals surface area contributed by atoms with E-state index in [2.05, 4.69) is 30.5 Å². The number of aromatic nitrogens is 2. The van der Waals surface area contributed by atoms with Gasteiger partial charge in [-0.2, -0.15) is 5.10 Å². The van der Waals surface area contributed by atoms with Gasteiger partial charge in [0.15, 0.2) is 0 Å². The molecule has 1 aliphatic rings. The molecule has 0 amide bonds. The highest BCUT2D eigenvalue weighted by molar-refractivity contribution is 5.18. The molecule has 1 saturated carbocycles. The topological polar surface area (TPSA) is 29.9 Å². The minimum atomic E-state index is 0.716. The molecule has 1 fully saturated rings. The Morgan fingerprint density at radius 1 is 1.60 bits per heavy atom. The molecule has 3 unspecified atom stereocenters. The van der Waals surface area contributed by atoms with Gasteiger partial charge in [-0.1, -0.05) is 13.8 Å². The van der Waals surface area contributed by atoms with Crippen molar-refractivity contribution in [1.82, 2.24) is 15.1 Å². The first kappa shape index (κ1) is 10.7. The van der Waals surface area contributed by atoms with Gasteiger partial charge in [-0.3, -0.25) is 4.68 Å². The van der Waals surface area contributed by atoms with Crippen molar-refractivity contribution in [2.45, 2.75) is 38.6 Å². The fourth-order valence-electron chi connectivity index (χ4n) is 2.46. The Morgan fingerprint density at radius 2 is 2.40 bits per heavy atom. The molecule has 1 aromatic heterocycles. The number of hydrogen-bond donors (Lipinski definition) is 1. The molecule has 0 spiro atoms. The molecule has 3 heteroatoms. The Morgan fingerprint density at radius 3 is 2.93 bits per heavy atom. The van der Waals surface area contributed by atoms with Crippen LogP contribution >= 0.6 is 0 Å². The molecule has 0 bridgehead atoms. The lowest BCUT2D eigenvalue weighted by Gasteiger charge is -2.43. The van der Waals surface area contributed by atoms with Crippen molar-refractivity contribution in [1.29, 1.82) is 0 Å². The molecule has 1 heterocycles.